The molecule has 0 spiro atoms. The summed E-state index contributed by atoms with van der Waals surface area (Å²) in [5, 5.41) is 7.02. The first-order valence-corrected chi connectivity index (χ1v) is 9.83. The van der Waals surface area contributed by atoms with Gasteiger partial charge in [0.25, 0.3) is 0 Å². The molecule has 3 rings (SSSR count). The highest BCUT2D eigenvalue weighted by molar-refractivity contribution is 14.0. The van der Waals surface area contributed by atoms with Crippen molar-refractivity contribution in [3.63, 3.8) is 0 Å². The van der Waals surface area contributed by atoms with Crippen LogP contribution in [0.1, 0.15) is 28.2 Å². The third-order valence-corrected chi connectivity index (χ3v) is 5.63. The zero-order valence-corrected chi connectivity index (χ0v) is 18.7. The Morgan fingerprint density at radius 3 is 2.50 bits per heavy atom. The van der Waals surface area contributed by atoms with Crippen LogP contribution in [0, 0.1) is 6.92 Å². The molecule has 1 aliphatic heterocycles. The lowest BCUT2D eigenvalue weighted by Gasteiger charge is -2.33. The Balaban J connectivity index is 0.00000243. The van der Waals surface area contributed by atoms with Gasteiger partial charge in [-0.2, -0.15) is 0 Å². The van der Waals surface area contributed by atoms with Gasteiger partial charge in [0.1, 0.15) is 0 Å². The van der Waals surface area contributed by atoms with E-state index in [0.717, 1.165) is 45.0 Å². The summed E-state index contributed by atoms with van der Waals surface area (Å²) in [4.78, 5) is 9.61. The summed E-state index contributed by atoms with van der Waals surface area (Å²) in [6, 6.07) is 15.6. The lowest BCUT2D eigenvalue weighted by Crippen LogP contribution is -2.48. The highest BCUT2D eigenvalue weighted by atomic mass is 127. The fourth-order valence-corrected chi connectivity index (χ4v) is 4.05. The van der Waals surface area contributed by atoms with Gasteiger partial charge < -0.3 is 10.6 Å². The number of hydrogen-bond acceptors (Lipinski definition) is 3. The second-order valence-electron chi connectivity index (χ2n) is 6.62. The predicted molar refractivity (Wildman–Crippen MR) is 123 cm³/mol. The van der Waals surface area contributed by atoms with Gasteiger partial charge in [0.15, 0.2) is 5.96 Å². The summed E-state index contributed by atoms with van der Waals surface area (Å²) in [6.45, 7) is 6.30. The largest absolute Gasteiger partial charge is 0.354 e. The molecule has 0 aliphatic carbocycles. The Kier molecular flexibility index (Phi) is 8.87. The maximum absolute atomic E-state index is 4.38. The summed E-state index contributed by atoms with van der Waals surface area (Å²) in [7, 11) is 1.85. The molecule has 1 aromatic heterocycles. The number of aryl methyl sites for hydroxylation is 1. The van der Waals surface area contributed by atoms with Crippen LogP contribution in [0.4, 0.5) is 0 Å². The van der Waals surface area contributed by atoms with E-state index < -0.39 is 0 Å². The molecule has 0 atom stereocenters. The number of rotatable bonds is 5. The van der Waals surface area contributed by atoms with Gasteiger partial charge in [-0.1, -0.05) is 30.3 Å². The maximum atomic E-state index is 4.38. The number of aliphatic imine (C=N–C) groups is 1. The van der Waals surface area contributed by atoms with Gasteiger partial charge in [-0.05, 0) is 37.5 Å². The number of hydrogen-bond donors (Lipinski definition) is 2. The smallest absolute Gasteiger partial charge is 0.191 e. The molecular weight excluding hydrogens is 455 g/mol. The molecule has 0 unspecified atom stereocenters. The van der Waals surface area contributed by atoms with Crippen LogP contribution in [-0.4, -0.2) is 37.0 Å². The monoisotopic (exact) mass is 484 g/mol. The summed E-state index contributed by atoms with van der Waals surface area (Å²) < 4.78 is 0. The molecule has 1 aliphatic rings. The van der Waals surface area contributed by atoms with Crippen molar-refractivity contribution in [1.82, 2.24) is 15.5 Å². The van der Waals surface area contributed by atoms with Gasteiger partial charge in [-0.25, -0.2) is 0 Å². The molecule has 26 heavy (non-hydrogen) atoms. The topological polar surface area (TPSA) is 39.7 Å². The van der Waals surface area contributed by atoms with Crippen molar-refractivity contribution in [2.75, 3.05) is 20.1 Å². The molecule has 0 saturated carbocycles. The molecule has 0 bridgehead atoms. The van der Waals surface area contributed by atoms with Gasteiger partial charge in [0.2, 0.25) is 0 Å². The van der Waals surface area contributed by atoms with Crippen LogP contribution in [0.2, 0.25) is 0 Å². The highest BCUT2D eigenvalue weighted by Crippen LogP contribution is 2.15. The first kappa shape index (κ1) is 21.2. The van der Waals surface area contributed by atoms with Gasteiger partial charge in [-0.15, -0.1) is 35.3 Å². The number of guanidine groups is 1. The van der Waals surface area contributed by atoms with Gasteiger partial charge in [0.05, 0.1) is 6.54 Å². The van der Waals surface area contributed by atoms with E-state index in [1.54, 1.807) is 0 Å². The number of nitrogens with zero attached hydrogens (tertiary/aromatic N) is 2. The molecular formula is C20H29IN4S. The molecule has 1 saturated heterocycles. The van der Waals surface area contributed by atoms with Crippen LogP contribution in [0.25, 0.3) is 0 Å². The van der Waals surface area contributed by atoms with Crippen molar-refractivity contribution in [3.8, 4) is 0 Å². The number of nitrogens with one attached hydrogen (secondary N) is 2. The Morgan fingerprint density at radius 1 is 1.15 bits per heavy atom. The first-order valence-electron chi connectivity index (χ1n) is 9.01. The van der Waals surface area contributed by atoms with E-state index in [2.05, 4.69) is 69.9 Å². The van der Waals surface area contributed by atoms with E-state index in [0.29, 0.717) is 6.04 Å². The van der Waals surface area contributed by atoms with Crippen LogP contribution in [0.3, 0.4) is 0 Å². The highest BCUT2D eigenvalue weighted by Gasteiger charge is 2.20. The minimum absolute atomic E-state index is 0. The average Bonchev–Trinajstić information content (AvgIpc) is 3.06. The first-order chi connectivity index (χ1) is 12.2. The minimum Gasteiger partial charge on any atom is -0.354 e. The molecule has 2 heterocycles. The van der Waals surface area contributed by atoms with Crippen molar-refractivity contribution in [2.24, 2.45) is 4.99 Å². The summed E-state index contributed by atoms with van der Waals surface area (Å²) >= 11 is 1.84. The molecule has 2 N–H and O–H groups in total. The van der Waals surface area contributed by atoms with E-state index in [1.807, 2.05) is 18.4 Å². The van der Waals surface area contributed by atoms with Crippen LogP contribution >= 0.6 is 35.3 Å². The second-order valence-corrected chi connectivity index (χ2v) is 7.99. The standard InChI is InChI=1S/C20H28N4S.HI/c1-16-8-9-19(25-16)14-22-20(21-2)23-18-10-12-24(13-11-18)15-17-6-4-3-5-7-17;/h3-9,18H,10-15H2,1-2H3,(H2,21,22,23);1H. The molecule has 142 valence electrons. The number of likely N-dealkylation sites (tertiary alicyclic amines) is 1. The average molecular weight is 484 g/mol. The lowest BCUT2D eigenvalue weighted by molar-refractivity contribution is 0.198. The second kappa shape index (κ2) is 10.9. The van der Waals surface area contributed by atoms with Crippen LogP contribution in [0.15, 0.2) is 47.5 Å². The number of halogens is 1. The van der Waals surface area contributed by atoms with Gasteiger partial charge in [-0.3, -0.25) is 9.89 Å². The molecule has 2 aromatic rings. The number of benzene rings is 1. The number of thiophene rings is 1. The van der Waals surface area contributed by atoms with Crippen LogP contribution < -0.4 is 10.6 Å². The van der Waals surface area contributed by atoms with Crippen molar-refractivity contribution >= 4 is 41.3 Å². The fraction of sp³-hybridized carbons (Fsp3) is 0.450. The van der Waals surface area contributed by atoms with E-state index in [4.69, 9.17) is 0 Å². The molecule has 1 fully saturated rings. The molecule has 4 nitrogen and oxygen atoms in total. The molecule has 6 heteroatoms. The number of piperidine rings is 1. The van der Waals surface area contributed by atoms with E-state index >= 15 is 0 Å². The third-order valence-electron chi connectivity index (χ3n) is 4.63. The van der Waals surface area contributed by atoms with Gasteiger partial charge in [0, 0.05) is 42.5 Å². The zero-order valence-electron chi connectivity index (χ0n) is 15.6. The fourth-order valence-electron chi connectivity index (χ4n) is 3.22. The molecule has 0 radical (unpaired) electrons. The Morgan fingerprint density at radius 2 is 1.88 bits per heavy atom. The van der Waals surface area contributed by atoms with Crippen molar-refractivity contribution in [3.05, 3.63) is 57.8 Å². The SMILES string of the molecule is CN=C(NCc1ccc(C)s1)NC1CCN(Cc2ccccc2)CC1.I. The maximum Gasteiger partial charge on any atom is 0.191 e. The van der Waals surface area contributed by atoms with Gasteiger partial charge >= 0.3 is 0 Å². The summed E-state index contributed by atoms with van der Waals surface area (Å²) in [6.07, 6.45) is 2.32. The minimum atomic E-state index is 0. The Labute approximate surface area is 178 Å². The van der Waals surface area contributed by atoms with E-state index in [1.165, 1.54) is 15.3 Å². The van der Waals surface area contributed by atoms with Crippen molar-refractivity contribution in [2.45, 2.75) is 38.9 Å². The predicted octanol–water partition coefficient (Wildman–Crippen LogP) is 4.00. The Hall–Kier alpha value is -1.12. The third kappa shape index (κ3) is 6.55. The lowest BCUT2D eigenvalue weighted by atomic mass is 10.0. The zero-order chi connectivity index (χ0) is 17.5. The van der Waals surface area contributed by atoms with Crippen LogP contribution in [-0.2, 0) is 13.1 Å². The van der Waals surface area contributed by atoms with E-state index in [-0.39, 0.29) is 24.0 Å². The van der Waals surface area contributed by atoms with Crippen molar-refractivity contribution < 1.29 is 0 Å². The quantitative estimate of drug-likeness (QED) is 0.383. The van der Waals surface area contributed by atoms with E-state index in [9.17, 15) is 0 Å². The normalized spacial score (nSPS) is 16.2. The van der Waals surface area contributed by atoms with Crippen LogP contribution in [0.5, 0.6) is 0 Å². The molecule has 1 aromatic carbocycles. The summed E-state index contributed by atoms with van der Waals surface area (Å²) in [5.41, 5.74) is 1.40. The summed E-state index contributed by atoms with van der Waals surface area (Å²) in [5.74, 6) is 0.910. The Bertz CT molecular complexity index is 678. The van der Waals surface area contributed by atoms with Crippen molar-refractivity contribution in [1.29, 1.82) is 0 Å². The molecule has 0 amide bonds.